The van der Waals surface area contributed by atoms with Gasteiger partial charge in [0, 0.05) is 9.92 Å². The number of carboxylic acids is 1. The SMILES string of the molecule is N#Cc1ccc(Cl)cc1Sc1ccc(C(=O)O)o1. The molecule has 0 amide bonds. The highest BCUT2D eigenvalue weighted by molar-refractivity contribution is 7.99. The maximum Gasteiger partial charge on any atom is 0.371 e. The van der Waals surface area contributed by atoms with Crippen LogP contribution < -0.4 is 0 Å². The van der Waals surface area contributed by atoms with E-state index in [0.717, 1.165) is 11.8 Å². The molecule has 0 radical (unpaired) electrons. The maximum absolute atomic E-state index is 10.7. The molecule has 0 unspecified atom stereocenters. The molecule has 0 fully saturated rings. The van der Waals surface area contributed by atoms with Gasteiger partial charge in [0.25, 0.3) is 0 Å². The number of carboxylic acid groups (broad SMARTS) is 1. The molecule has 0 aliphatic heterocycles. The van der Waals surface area contributed by atoms with Crippen molar-refractivity contribution in [2.45, 2.75) is 9.99 Å². The molecule has 1 aromatic carbocycles. The lowest BCUT2D eigenvalue weighted by Crippen LogP contribution is -1.91. The topological polar surface area (TPSA) is 74.2 Å². The van der Waals surface area contributed by atoms with E-state index in [0.29, 0.717) is 20.6 Å². The molecular formula is C12H6ClNO3S. The molecule has 4 nitrogen and oxygen atoms in total. The number of hydrogen-bond acceptors (Lipinski definition) is 4. The van der Waals surface area contributed by atoms with Crippen LogP contribution >= 0.6 is 23.4 Å². The molecule has 0 aliphatic carbocycles. The summed E-state index contributed by atoms with van der Waals surface area (Å²) < 4.78 is 5.10. The fraction of sp³-hybridized carbons (Fsp3) is 0. The van der Waals surface area contributed by atoms with E-state index in [4.69, 9.17) is 26.4 Å². The first-order valence-electron chi connectivity index (χ1n) is 4.81. The Labute approximate surface area is 112 Å². The van der Waals surface area contributed by atoms with Crippen molar-refractivity contribution in [1.29, 1.82) is 5.26 Å². The van der Waals surface area contributed by atoms with Crippen LogP contribution in [0.25, 0.3) is 0 Å². The molecule has 1 N–H and O–H groups in total. The average molecular weight is 280 g/mol. The van der Waals surface area contributed by atoms with Crippen molar-refractivity contribution in [3.8, 4) is 6.07 Å². The van der Waals surface area contributed by atoms with Gasteiger partial charge in [-0.1, -0.05) is 23.4 Å². The zero-order valence-electron chi connectivity index (χ0n) is 8.88. The van der Waals surface area contributed by atoms with Gasteiger partial charge in [-0.2, -0.15) is 5.26 Å². The molecule has 1 aromatic heterocycles. The number of hydrogen-bond donors (Lipinski definition) is 1. The average Bonchev–Trinajstić information content (AvgIpc) is 2.78. The number of rotatable bonds is 3. The summed E-state index contributed by atoms with van der Waals surface area (Å²) in [5.74, 6) is -1.27. The van der Waals surface area contributed by atoms with Crippen LogP contribution in [0, 0.1) is 11.3 Å². The quantitative estimate of drug-likeness (QED) is 0.928. The summed E-state index contributed by atoms with van der Waals surface area (Å²) in [6, 6.07) is 9.79. The van der Waals surface area contributed by atoms with Crippen molar-refractivity contribution in [2.75, 3.05) is 0 Å². The minimum Gasteiger partial charge on any atom is -0.475 e. The van der Waals surface area contributed by atoms with Gasteiger partial charge in [-0.05, 0) is 30.3 Å². The number of nitriles is 1. The van der Waals surface area contributed by atoms with Crippen LogP contribution in [0.2, 0.25) is 5.02 Å². The first-order valence-corrected chi connectivity index (χ1v) is 6.00. The molecule has 6 heteroatoms. The zero-order valence-corrected chi connectivity index (χ0v) is 10.5. The lowest BCUT2D eigenvalue weighted by molar-refractivity contribution is 0.0656. The van der Waals surface area contributed by atoms with Crippen molar-refractivity contribution >= 4 is 29.3 Å². The van der Waals surface area contributed by atoms with E-state index >= 15 is 0 Å². The number of carbonyl (C=O) groups is 1. The van der Waals surface area contributed by atoms with Crippen LogP contribution in [-0.2, 0) is 0 Å². The summed E-state index contributed by atoms with van der Waals surface area (Å²) >= 11 is 7.00. The fourth-order valence-electron chi connectivity index (χ4n) is 1.27. The Bertz CT molecular complexity index is 645. The highest BCUT2D eigenvalue weighted by Crippen LogP contribution is 2.33. The smallest absolute Gasteiger partial charge is 0.371 e. The van der Waals surface area contributed by atoms with E-state index in [1.807, 2.05) is 6.07 Å². The molecule has 90 valence electrons. The minimum atomic E-state index is -1.13. The normalized spacial score (nSPS) is 10.0. The van der Waals surface area contributed by atoms with Gasteiger partial charge in [-0.15, -0.1) is 0 Å². The predicted molar refractivity (Wildman–Crippen MR) is 66.0 cm³/mol. The van der Waals surface area contributed by atoms with Gasteiger partial charge in [0.1, 0.15) is 6.07 Å². The highest BCUT2D eigenvalue weighted by atomic mass is 35.5. The summed E-state index contributed by atoms with van der Waals surface area (Å²) in [5.41, 5.74) is 0.456. The second-order valence-electron chi connectivity index (χ2n) is 3.28. The van der Waals surface area contributed by atoms with E-state index in [2.05, 4.69) is 0 Å². The van der Waals surface area contributed by atoms with E-state index < -0.39 is 5.97 Å². The third kappa shape index (κ3) is 2.67. The largest absolute Gasteiger partial charge is 0.475 e. The molecule has 0 atom stereocenters. The van der Waals surface area contributed by atoms with Gasteiger partial charge in [-0.25, -0.2) is 4.79 Å². The van der Waals surface area contributed by atoms with Crippen molar-refractivity contribution in [2.24, 2.45) is 0 Å². The van der Waals surface area contributed by atoms with E-state index in [-0.39, 0.29) is 5.76 Å². The Morgan fingerprint density at radius 3 is 2.78 bits per heavy atom. The van der Waals surface area contributed by atoms with Gasteiger partial charge in [-0.3, -0.25) is 0 Å². The van der Waals surface area contributed by atoms with Crippen LogP contribution in [-0.4, -0.2) is 11.1 Å². The summed E-state index contributed by atoms with van der Waals surface area (Å²) in [7, 11) is 0. The van der Waals surface area contributed by atoms with Crippen molar-refractivity contribution in [3.05, 3.63) is 46.7 Å². The molecule has 0 bridgehead atoms. The summed E-state index contributed by atoms with van der Waals surface area (Å²) in [5, 5.41) is 18.6. The zero-order chi connectivity index (χ0) is 13.1. The van der Waals surface area contributed by atoms with E-state index in [9.17, 15) is 4.79 Å². The third-order valence-electron chi connectivity index (χ3n) is 2.07. The second kappa shape index (κ2) is 5.17. The van der Waals surface area contributed by atoms with Crippen molar-refractivity contribution < 1.29 is 14.3 Å². The monoisotopic (exact) mass is 279 g/mol. The number of nitrogens with zero attached hydrogens (tertiary/aromatic N) is 1. The number of halogens is 1. The van der Waals surface area contributed by atoms with Gasteiger partial charge >= 0.3 is 5.97 Å². The molecule has 1 heterocycles. The fourth-order valence-corrected chi connectivity index (χ4v) is 2.40. The summed E-state index contributed by atoms with van der Waals surface area (Å²) in [6.45, 7) is 0. The molecule has 18 heavy (non-hydrogen) atoms. The van der Waals surface area contributed by atoms with Crippen LogP contribution in [0.15, 0.2) is 44.7 Å². The number of aromatic carboxylic acids is 1. The van der Waals surface area contributed by atoms with Gasteiger partial charge in [0.15, 0.2) is 5.09 Å². The lowest BCUT2D eigenvalue weighted by Gasteiger charge is -2.01. The van der Waals surface area contributed by atoms with Crippen molar-refractivity contribution in [3.63, 3.8) is 0 Å². The minimum absolute atomic E-state index is 0.141. The second-order valence-corrected chi connectivity index (χ2v) is 4.76. The third-order valence-corrected chi connectivity index (χ3v) is 3.28. The Kier molecular flexibility index (Phi) is 3.60. The summed E-state index contributed by atoms with van der Waals surface area (Å²) in [6.07, 6.45) is 0. The molecule has 0 spiro atoms. The summed E-state index contributed by atoms with van der Waals surface area (Å²) in [4.78, 5) is 11.3. The molecule has 0 saturated carbocycles. The first-order chi connectivity index (χ1) is 8.60. The van der Waals surface area contributed by atoms with Gasteiger partial charge in [0.2, 0.25) is 5.76 Å². The van der Waals surface area contributed by atoms with E-state index in [1.54, 1.807) is 18.2 Å². The maximum atomic E-state index is 10.7. The number of benzene rings is 1. The molecule has 0 aliphatic rings. The first kappa shape index (κ1) is 12.6. The Morgan fingerprint density at radius 2 is 2.17 bits per heavy atom. The number of furan rings is 1. The highest BCUT2D eigenvalue weighted by Gasteiger charge is 2.12. The van der Waals surface area contributed by atoms with Gasteiger partial charge in [0.05, 0.1) is 5.56 Å². The Hall–Kier alpha value is -1.90. The molecule has 2 aromatic rings. The Morgan fingerprint density at radius 1 is 1.39 bits per heavy atom. The molecule has 2 rings (SSSR count). The van der Waals surface area contributed by atoms with Crippen molar-refractivity contribution in [1.82, 2.24) is 0 Å². The standard InChI is InChI=1S/C12H6ClNO3S/c13-8-2-1-7(6-14)10(5-8)18-11-4-3-9(17-11)12(15)16/h1-5H,(H,15,16). The Balaban J connectivity index is 2.30. The lowest BCUT2D eigenvalue weighted by atomic mass is 10.2. The van der Waals surface area contributed by atoms with Gasteiger partial charge < -0.3 is 9.52 Å². The predicted octanol–water partition coefficient (Wildman–Crippen LogP) is 3.65. The van der Waals surface area contributed by atoms with E-state index in [1.165, 1.54) is 12.1 Å². The van der Waals surface area contributed by atoms with Crippen LogP contribution in [0.1, 0.15) is 16.1 Å². The van der Waals surface area contributed by atoms with Crippen LogP contribution in [0.4, 0.5) is 0 Å². The van der Waals surface area contributed by atoms with Crippen LogP contribution in [0.5, 0.6) is 0 Å². The van der Waals surface area contributed by atoms with Crippen LogP contribution in [0.3, 0.4) is 0 Å². The molecular weight excluding hydrogens is 274 g/mol. The molecule has 0 saturated heterocycles.